The zero-order valence-electron chi connectivity index (χ0n) is 10.1. The van der Waals surface area contributed by atoms with Crippen LogP contribution in [0.15, 0.2) is 0 Å². The highest BCUT2D eigenvalue weighted by atomic mass is 16.5. The van der Waals surface area contributed by atoms with Gasteiger partial charge in [0, 0.05) is 20.2 Å². The first-order valence-corrected chi connectivity index (χ1v) is 5.64. The van der Waals surface area contributed by atoms with E-state index >= 15 is 0 Å². The van der Waals surface area contributed by atoms with Crippen LogP contribution in [0.2, 0.25) is 0 Å². The lowest BCUT2D eigenvalue weighted by molar-refractivity contribution is 0.125. The predicted octanol–water partition coefficient (Wildman–Crippen LogP) is -0.0749. The van der Waals surface area contributed by atoms with Gasteiger partial charge in [0.05, 0.1) is 18.8 Å². The van der Waals surface area contributed by atoms with Crippen LogP contribution in [0.25, 0.3) is 0 Å². The minimum Gasteiger partial charge on any atom is -0.394 e. The maximum absolute atomic E-state index is 9.30. The molecule has 1 aliphatic rings. The van der Waals surface area contributed by atoms with Crippen LogP contribution in [0.1, 0.15) is 13.3 Å². The first-order valence-electron chi connectivity index (χ1n) is 5.64. The fraction of sp³-hybridized carbons (Fsp3) is 1.00. The van der Waals surface area contributed by atoms with Crippen LogP contribution >= 0.6 is 0 Å². The third-order valence-corrected chi connectivity index (χ3v) is 3.30. The minimum absolute atomic E-state index is 0.176. The van der Waals surface area contributed by atoms with Crippen LogP contribution in [-0.2, 0) is 4.74 Å². The van der Waals surface area contributed by atoms with Crippen molar-refractivity contribution < 1.29 is 9.84 Å². The molecular formula is C11H24N2O2. The first kappa shape index (κ1) is 12.9. The van der Waals surface area contributed by atoms with E-state index in [1.54, 1.807) is 7.11 Å². The van der Waals surface area contributed by atoms with Crippen molar-refractivity contribution in [2.75, 3.05) is 47.0 Å². The number of aliphatic hydroxyl groups excluding tert-OH is 1. The molecule has 2 unspecified atom stereocenters. The lowest BCUT2D eigenvalue weighted by atomic mass is 10.0. The van der Waals surface area contributed by atoms with Crippen LogP contribution in [0, 0.1) is 5.92 Å². The fourth-order valence-electron chi connectivity index (χ4n) is 2.13. The summed E-state index contributed by atoms with van der Waals surface area (Å²) >= 11 is 0. The molecule has 0 radical (unpaired) electrons. The number of methoxy groups -OCH3 is 1. The summed E-state index contributed by atoms with van der Waals surface area (Å²) in [6.07, 6.45) is 1.21. The molecule has 1 aliphatic heterocycles. The number of nitrogens with zero attached hydrogens (tertiary/aromatic N) is 1. The monoisotopic (exact) mass is 216 g/mol. The molecule has 0 aromatic carbocycles. The highest BCUT2D eigenvalue weighted by Crippen LogP contribution is 2.18. The van der Waals surface area contributed by atoms with Crippen molar-refractivity contribution >= 4 is 0 Å². The second-order valence-corrected chi connectivity index (χ2v) is 4.81. The van der Waals surface area contributed by atoms with Crippen molar-refractivity contribution in [2.24, 2.45) is 5.92 Å². The van der Waals surface area contributed by atoms with Crippen LogP contribution < -0.4 is 5.32 Å². The van der Waals surface area contributed by atoms with Crippen LogP contribution in [0.4, 0.5) is 0 Å². The highest BCUT2D eigenvalue weighted by Gasteiger charge is 2.29. The van der Waals surface area contributed by atoms with Crippen molar-refractivity contribution in [3.05, 3.63) is 0 Å². The molecule has 2 atom stereocenters. The van der Waals surface area contributed by atoms with Gasteiger partial charge in [-0.1, -0.05) is 0 Å². The van der Waals surface area contributed by atoms with Gasteiger partial charge in [0.25, 0.3) is 0 Å². The molecule has 0 aromatic heterocycles. The molecule has 0 amide bonds. The Balaban J connectivity index is 2.34. The summed E-state index contributed by atoms with van der Waals surface area (Å²) in [5, 5.41) is 12.5. The van der Waals surface area contributed by atoms with E-state index < -0.39 is 0 Å². The van der Waals surface area contributed by atoms with Gasteiger partial charge in [-0.05, 0) is 32.9 Å². The van der Waals surface area contributed by atoms with Gasteiger partial charge in [-0.25, -0.2) is 0 Å². The summed E-state index contributed by atoms with van der Waals surface area (Å²) in [5.41, 5.74) is -0.179. The van der Waals surface area contributed by atoms with E-state index in [0.29, 0.717) is 5.92 Å². The Labute approximate surface area is 92.6 Å². The largest absolute Gasteiger partial charge is 0.394 e. The molecule has 0 aromatic rings. The van der Waals surface area contributed by atoms with Gasteiger partial charge in [0.1, 0.15) is 0 Å². The van der Waals surface area contributed by atoms with Crippen LogP contribution in [0.5, 0.6) is 0 Å². The molecule has 4 nitrogen and oxygen atoms in total. The van der Waals surface area contributed by atoms with Crippen molar-refractivity contribution in [1.29, 1.82) is 0 Å². The predicted molar refractivity (Wildman–Crippen MR) is 61.0 cm³/mol. The van der Waals surface area contributed by atoms with Crippen LogP contribution in [0.3, 0.4) is 0 Å². The molecular weight excluding hydrogens is 192 g/mol. The zero-order valence-corrected chi connectivity index (χ0v) is 10.1. The zero-order chi connectivity index (χ0) is 11.3. The molecule has 0 aliphatic carbocycles. The van der Waals surface area contributed by atoms with Gasteiger partial charge in [-0.15, -0.1) is 0 Å². The summed E-state index contributed by atoms with van der Waals surface area (Å²) in [5.74, 6) is 0.662. The Kier molecular flexibility index (Phi) is 4.99. The van der Waals surface area contributed by atoms with Gasteiger partial charge < -0.3 is 20.1 Å². The Morgan fingerprint density at radius 2 is 2.33 bits per heavy atom. The van der Waals surface area contributed by atoms with Crippen molar-refractivity contribution in [3.63, 3.8) is 0 Å². The molecule has 15 heavy (non-hydrogen) atoms. The van der Waals surface area contributed by atoms with Gasteiger partial charge in [-0.2, -0.15) is 0 Å². The molecule has 0 saturated carbocycles. The standard InChI is InChI=1S/C11H24N2O2/c1-11(9-14,12-2)8-13-5-4-10(6-13)7-15-3/h10,12,14H,4-9H2,1-3H3. The molecule has 90 valence electrons. The number of rotatable bonds is 6. The molecule has 1 rings (SSSR count). The Hall–Kier alpha value is -0.160. The second kappa shape index (κ2) is 5.80. The van der Waals surface area contributed by atoms with Gasteiger partial charge in [0.15, 0.2) is 0 Å². The van der Waals surface area contributed by atoms with Crippen LogP contribution in [-0.4, -0.2) is 62.6 Å². The normalized spacial score (nSPS) is 26.8. The van der Waals surface area contributed by atoms with Gasteiger partial charge in [-0.3, -0.25) is 0 Å². The molecule has 1 fully saturated rings. The fourth-order valence-corrected chi connectivity index (χ4v) is 2.13. The quantitative estimate of drug-likeness (QED) is 0.652. The lowest BCUT2D eigenvalue weighted by Crippen LogP contribution is -2.52. The third kappa shape index (κ3) is 3.72. The second-order valence-electron chi connectivity index (χ2n) is 4.81. The third-order valence-electron chi connectivity index (χ3n) is 3.30. The maximum Gasteiger partial charge on any atom is 0.0623 e. The molecule has 2 N–H and O–H groups in total. The first-order chi connectivity index (χ1) is 7.13. The number of hydrogen-bond acceptors (Lipinski definition) is 4. The van der Waals surface area contributed by atoms with E-state index in [2.05, 4.69) is 17.1 Å². The van der Waals surface area contributed by atoms with Crippen molar-refractivity contribution in [2.45, 2.75) is 18.9 Å². The number of likely N-dealkylation sites (tertiary alicyclic amines) is 1. The van der Waals surface area contributed by atoms with Gasteiger partial charge in [0.2, 0.25) is 0 Å². The Bertz CT molecular complexity index is 183. The smallest absolute Gasteiger partial charge is 0.0623 e. The average Bonchev–Trinajstić information content (AvgIpc) is 2.66. The number of hydrogen-bond donors (Lipinski definition) is 2. The summed E-state index contributed by atoms with van der Waals surface area (Å²) in [6.45, 7) is 6.19. The van der Waals surface area contributed by atoms with E-state index in [1.807, 2.05) is 7.05 Å². The maximum atomic E-state index is 9.30. The number of likely N-dealkylation sites (N-methyl/N-ethyl adjacent to an activating group) is 1. The average molecular weight is 216 g/mol. The van der Waals surface area contributed by atoms with Gasteiger partial charge >= 0.3 is 0 Å². The lowest BCUT2D eigenvalue weighted by Gasteiger charge is -2.31. The summed E-state index contributed by atoms with van der Waals surface area (Å²) in [4.78, 5) is 2.40. The minimum atomic E-state index is -0.179. The number of nitrogens with one attached hydrogen (secondary N) is 1. The van der Waals surface area contributed by atoms with E-state index in [4.69, 9.17) is 4.74 Å². The Morgan fingerprint density at radius 1 is 1.60 bits per heavy atom. The molecule has 4 heteroatoms. The molecule has 0 bridgehead atoms. The highest BCUT2D eigenvalue weighted by molar-refractivity contribution is 4.87. The summed E-state index contributed by atoms with van der Waals surface area (Å²) in [7, 11) is 3.66. The van der Waals surface area contributed by atoms with Crippen molar-refractivity contribution in [1.82, 2.24) is 10.2 Å². The van der Waals surface area contributed by atoms with E-state index in [9.17, 15) is 5.11 Å². The number of aliphatic hydroxyl groups is 1. The summed E-state index contributed by atoms with van der Waals surface area (Å²) < 4.78 is 5.17. The topological polar surface area (TPSA) is 44.7 Å². The molecule has 1 heterocycles. The van der Waals surface area contributed by atoms with Crippen molar-refractivity contribution in [3.8, 4) is 0 Å². The Morgan fingerprint density at radius 3 is 2.87 bits per heavy atom. The van der Waals surface area contributed by atoms with E-state index in [0.717, 1.165) is 26.2 Å². The number of ether oxygens (including phenoxy) is 1. The van der Waals surface area contributed by atoms with E-state index in [1.165, 1.54) is 6.42 Å². The SMILES string of the molecule is CNC(C)(CO)CN1CCC(COC)C1. The van der Waals surface area contributed by atoms with E-state index in [-0.39, 0.29) is 12.1 Å². The molecule has 1 saturated heterocycles. The molecule has 0 spiro atoms. The summed E-state index contributed by atoms with van der Waals surface area (Å²) in [6, 6.07) is 0.